The van der Waals surface area contributed by atoms with Crippen molar-refractivity contribution in [2.24, 2.45) is 0 Å². The molecule has 1 atom stereocenters. The van der Waals surface area contributed by atoms with Crippen molar-refractivity contribution < 1.29 is 14.3 Å². The lowest BCUT2D eigenvalue weighted by atomic mass is 10.1. The molecular formula is C18H22N4O3S. The molecule has 0 saturated heterocycles. The van der Waals surface area contributed by atoms with Gasteiger partial charge in [-0.3, -0.25) is 4.79 Å². The van der Waals surface area contributed by atoms with Gasteiger partial charge < -0.3 is 19.9 Å². The molecule has 1 N–H and O–H groups in total. The second kappa shape index (κ2) is 7.43. The summed E-state index contributed by atoms with van der Waals surface area (Å²) >= 11 is 1.32. The fraction of sp³-hybridized carbons (Fsp3) is 0.389. The van der Waals surface area contributed by atoms with Crippen molar-refractivity contribution in [2.45, 2.75) is 19.6 Å². The summed E-state index contributed by atoms with van der Waals surface area (Å²) in [6, 6.07) is 7.49. The number of rotatable bonds is 3. The van der Waals surface area contributed by atoms with Crippen LogP contribution in [-0.2, 0) is 11.3 Å². The zero-order chi connectivity index (χ0) is 18.8. The lowest BCUT2D eigenvalue weighted by Crippen LogP contribution is -2.43. The Balaban J connectivity index is 1.81. The maximum absolute atomic E-state index is 12.5. The molecule has 1 aliphatic rings. The van der Waals surface area contributed by atoms with E-state index in [9.17, 15) is 9.59 Å². The van der Waals surface area contributed by atoms with Crippen LogP contribution in [0.1, 0.15) is 32.0 Å². The van der Waals surface area contributed by atoms with E-state index in [0.717, 1.165) is 21.8 Å². The van der Waals surface area contributed by atoms with Gasteiger partial charge in [0.1, 0.15) is 6.10 Å². The second-order valence-corrected chi connectivity index (χ2v) is 7.46. The first-order chi connectivity index (χ1) is 12.4. The number of hydrogen-bond donors (Lipinski definition) is 1. The average molecular weight is 374 g/mol. The van der Waals surface area contributed by atoms with Gasteiger partial charge >= 0.3 is 6.03 Å². The average Bonchev–Trinajstić information content (AvgIpc) is 3.06. The number of aryl methyl sites for hydroxylation is 1. The van der Waals surface area contributed by atoms with Gasteiger partial charge in [0.05, 0.1) is 23.7 Å². The van der Waals surface area contributed by atoms with E-state index in [1.165, 1.54) is 16.2 Å². The number of carbonyl (C=O) groups is 2. The number of hydrogen-bond acceptors (Lipinski definition) is 5. The second-order valence-electron chi connectivity index (χ2n) is 6.43. The first kappa shape index (κ1) is 18.3. The summed E-state index contributed by atoms with van der Waals surface area (Å²) in [6.07, 6.45) is -0.277. The Morgan fingerprint density at radius 1 is 1.31 bits per heavy atom. The SMILES string of the molecule is COC1CN(C(=O)N(C)C)Cc2nc(C(=O)Nc3ccc(C)cc3)sc21. The van der Waals surface area contributed by atoms with Crippen LogP contribution < -0.4 is 5.32 Å². The Hall–Kier alpha value is -2.45. The van der Waals surface area contributed by atoms with E-state index in [2.05, 4.69) is 10.3 Å². The van der Waals surface area contributed by atoms with Crippen LogP contribution in [0.5, 0.6) is 0 Å². The molecule has 1 aromatic heterocycles. The molecule has 0 fully saturated rings. The number of carbonyl (C=O) groups excluding carboxylic acids is 2. The van der Waals surface area contributed by atoms with E-state index >= 15 is 0 Å². The molecule has 3 rings (SSSR count). The number of amides is 3. The number of aromatic nitrogens is 1. The van der Waals surface area contributed by atoms with E-state index < -0.39 is 0 Å². The standard InChI is InChI=1S/C18H22N4O3S/c1-11-5-7-12(8-6-11)19-16(23)17-20-13-9-22(18(24)21(2)3)10-14(25-4)15(13)26-17/h5-8,14H,9-10H2,1-4H3,(H,19,23). The van der Waals surface area contributed by atoms with Gasteiger partial charge in [0.25, 0.3) is 5.91 Å². The summed E-state index contributed by atoms with van der Waals surface area (Å²) < 4.78 is 5.53. The number of methoxy groups -OCH3 is 1. The van der Waals surface area contributed by atoms with Crippen LogP contribution in [0, 0.1) is 6.92 Å². The van der Waals surface area contributed by atoms with Gasteiger partial charge in [-0.1, -0.05) is 17.7 Å². The number of anilines is 1. The maximum Gasteiger partial charge on any atom is 0.319 e. The van der Waals surface area contributed by atoms with Crippen LogP contribution >= 0.6 is 11.3 Å². The predicted octanol–water partition coefficient (Wildman–Crippen LogP) is 2.89. The van der Waals surface area contributed by atoms with Crippen molar-refractivity contribution in [3.8, 4) is 0 Å². The molecule has 26 heavy (non-hydrogen) atoms. The van der Waals surface area contributed by atoms with Crippen molar-refractivity contribution in [2.75, 3.05) is 33.1 Å². The lowest BCUT2D eigenvalue weighted by molar-refractivity contribution is 0.0564. The van der Waals surface area contributed by atoms with E-state index in [4.69, 9.17) is 4.74 Å². The molecule has 8 heteroatoms. The summed E-state index contributed by atoms with van der Waals surface area (Å²) in [5.74, 6) is -0.256. The first-order valence-electron chi connectivity index (χ1n) is 8.25. The Morgan fingerprint density at radius 3 is 2.62 bits per heavy atom. The van der Waals surface area contributed by atoms with Gasteiger partial charge in [0.15, 0.2) is 5.01 Å². The van der Waals surface area contributed by atoms with Crippen molar-refractivity contribution in [3.63, 3.8) is 0 Å². The van der Waals surface area contributed by atoms with Crippen LogP contribution in [0.25, 0.3) is 0 Å². The number of thiazole rings is 1. The van der Waals surface area contributed by atoms with Gasteiger partial charge in [-0.05, 0) is 19.1 Å². The molecule has 0 radical (unpaired) electrons. The molecule has 0 saturated carbocycles. The van der Waals surface area contributed by atoms with Crippen LogP contribution in [0.3, 0.4) is 0 Å². The molecule has 2 aromatic rings. The van der Waals surface area contributed by atoms with E-state index in [0.29, 0.717) is 18.1 Å². The Kier molecular flexibility index (Phi) is 5.24. The predicted molar refractivity (Wildman–Crippen MR) is 100 cm³/mol. The molecule has 138 valence electrons. The minimum absolute atomic E-state index is 0.101. The lowest BCUT2D eigenvalue weighted by Gasteiger charge is -2.32. The Bertz CT molecular complexity index is 816. The van der Waals surface area contributed by atoms with E-state index in [1.54, 1.807) is 26.1 Å². The Labute approximate surface area is 156 Å². The largest absolute Gasteiger partial charge is 0.374 e. The molecule has 1 unspecified atom stereocenters. The first-order valence-corrected chi connectivity index (χ1v) is 9.07. The number of benzene rings is 1. The van der Waals surface area contributed by atoms with Crippen LogP contribution in [0.15, 0.2) is 24.3 Å². The smallest absolute Gasteiger partial charge is 0.319 e. The van der Waals surface area contributed by atoms with Gasteiger partial charge in [-0.2, -0.15) is 0 Å². The quantitative estimate of drug-likeness (QED) is 0.896. The van der Waals surface area contributed by atoms with Crippen molar-refractivity contribution >= 4 is 29.0 Å². The summed E-state index contributed by atoms with van der Waals surface area (Å²) in [6.45, 7) is 2.81. The number of ether oxygens (including phenoxy) is 1. The summed E-state index contributed by atoms with van der Waals surface area (Å²) in [5, 5.41) is 3.23. The molecule has 1 aromatic carbocycles. The number of fused-ring (bicyclic) bond motifs is 1. The summed E-state index contributed by atoms with van der Waals surface area (Å²) in [4.78, 5) is 33.4. The summed E-state index contributed by atoms with van der Waals surface area (Å²) in [5.41, 5.74) is 2.57. The third-order valence-corrected chi connectivity index (χ3v) is 5.38. The normalized spacial score (nSPS) is 16.2. The molecule has 1 aliphatic heterocycles. The third kappa shape index (κ3) is 3.71. The van der Waals surface area contributed by atoms with Crippen molar-refractivity contribution in [1.29, 1.82) is 0 Å². The monoisotopic (exact) mass is 374 g/mol. The van der Waals surface area contributed by atoms with Gasteiger partial charge in [0, 0.05) is 26.9 Å². The van der Waals surface area contributed by atoms with Crippen LogP contribution in [-0.4, -0.2) is 54.5 Å². The highest BCUT2D eigenvalue weighted by atomic mass is 32.1. The summed E-state index contributed by atoms with van der Waals surface area (Å²) in [7, 11) is 5.02. The van der Waals surface area contributed by atoms with Crippen molar-refractivity contribution in [3.05, 3.63) is 45.4 Å². The van der Waals surface area contributed by atoms with E-state index in [-0.39, 0.29) is 18.0 Å². The molecule has 2 heterocycles. The van der Waals surface area contributed by atoms with Crippen LogP contribution in [0.4, 0.5) is 10.5 Å². The number of nitrogens with zero attached hydrogens (tertiary/aromatic N) is 3. The molecule has 0 bridgehead atoms. The maximum atomic E-state index is 12.5. The zero-order valence-electron chi connectivity index (χ0n) is 15.3. The molecule has 7 nitrogen and oxygen atoms in total. The number of nitrogens with one attached hydrogen (secondary N) is 1. The van der Waals surface area contributed by atoms with Crippen molar-refractivity contribution in [1.82, 2.24) is 14.8 Å². The van der Waals surface area contributed by atoms with Gasteiger partial charge in [0.2, 0.25) is 0 Å². The Morgan fingerprint density at radius 2 is 2.00 bits per heavy atom. The van der Waals surface area contributed by atoms with Gasteiger partial charge in [-0.15, -0.1) is 11.3 Å². The topological polar surface area (TPSA) is 74.8 Å². The number of urea groups is 1. The van der Waals surface area contributed by atoms with Gasteiger partial charge in [-0.25, -0.2) is 9.78 Å². The molecular weight excluding hydrogens is 352 g/mol. The highest BCUT2D eigenvalue weighted by Gasteiger charge is 2.33. The highest BCUT2D eigenvalue weighted by Crippen LogP contribution is 2.34. The van der Waals surface area contributed by atoms with E-state index in [1.807, 2.05) is 31.2 Å². The minimum Gasteiger partial charge on any atom is -0.374 e. The molecule has 0 spiro atoms. The fourth-order valence-electron chi connectivity index (χ4n) is 2.79. The zero-order valence-corrected chi connectivity index (χ0v) is 16.1. The third-order valence-electron chi connectivity index (χ3n) is 4.19. The molecule has 0 aliphatic carbocycles. The van der Waals surface area contributed by atoms with Crippen LogP contribution in [0.2, 0.25) is 0 Å². The molecule has 3 amide bonds. The fourth-order valence-corrected chi connectivity index (χ4v) is 3.82. The minimum atomic E-state index is -0.277. The highest BCUT2D eigenvalue weighted by molar-refractivity contribution is 7.14.